The van der Waals surface area contributed by atoms with Gasteiger partial charge in [0.25, 0.3) is 0 Å². The fourth-order valence-corrected chi connectivity index (χ4v) is 5.14. The van der Waals surface area contributed by atoms with Crippen LogP contribution in [0.1, 0.15) is 11.1 Å². The molecule has 130 valence electrons. The third-order valence-corrected chi connectivity index (χ3v) is 7.74. The molecule has 1 atom stereocenters. The Bertz CT molecular complexity index is 688. The second kappa shape index (κ2) is 9.74. The Morgan fingerprint density at radius 1 is 0.875 bits per heavy atom. The first-order chi connectivity index (χ1) is 11.3. The van der Waals surface area contributed by atoms with Crippen molar-refractivity contribution in [1.29, 1.82) is 0 Å². The molecule has 0 aromatic heterocycles. The first-order valence-electron chi connectivity index (χ1n) is 6.79. The Balaban J connectivity index is 2.21. The molecule has 0 heterocycles. The molecule has 0 aliphatic heterocycles. The Hall–Kier alpha value is 0.920. The molecule has 8 heteroatoms. The summed E-state index contributed by atoms with van der Waals surface area (Å²) >= 11 is 20.8. The van der Waals surface area contributed by atoms with Crippen LogP contribution in [0, 0.1) is 0 Å². The lowest BCUT2D eigenvalue weighted by Gasteiger charge is -2.14. The Labute approximate surface area is 191 Å². The van der Waals surface area contributed by atoms with E-state index < -0.39 is 0 Å². The lowest BCUT2D eigenvalue weighted by atomic mass is 10.0. The van der Waals surface area contributed by atoms with E-state index in [2.05, 4.69) is 95.6 Å². The first kappa shape index (κ1) is 21.2. The zero-order valence-corrected chi connectivity index (χ0v) is 21.6. The summed E-state index contributed by atoms with van der Waals surface area (Å²) in [5, 5.41) is 10.6. The molecule has 0 radical (unpaired) electrons. The summed E-state index contributed by atoms with van der Waals surface area (Å²) in [6.07, 6.45) is 0.734. The molecule has 0 saturated carbocycles. The number of benzene rings is 2. The van der Waals surface area contributed by atoms with Gasteiger partial charge in [0.1, 0.15) is 18.1 Å². The van der Waals surface area contributed by atoms with Crippen LogP contribution in [0.15, 0.2) is 42.2 Å². The van der Waals surface area contributed by atoms with Gasteiger partial charge >= 0.3 is 0 Å². The van der Waals surface area contributed by atoms with Gasteiger partial charge in [-0.15, -0.1) is 0 Å². The molecule has 1 N–H and O–H groups in total. The fraction of sp³-hybridized carbons (Fsp3) is 0.250. The minimum absolute atomic E-state index is 0.209. The van der Waals surface area contributed by atoms with Gasteiger partial charge in [0.05, 0.1) is 22.7 Å². The van der Waals surface area contributed by atoms with E-state index in [1.54, 1.807) is 0 Å². The molecule has 1 unspecified atom stereocenters. The number of hydrogen-bond donors (Lipinski definition) is 1. The third kappa shape index (κ3) is 5.71. The summed E-state index contributed by atoms with van der Waals surface area (Å²) in [5.74, 6) is 0.998. The minimum atomic E-state index is 0.209. The van der Waals surface area contributed by atoms with Crippen LogP contribution in [0.3, 0.4) is 0 Å². The van der Waals surface area contributed by atoms with E-state index in [0.29, 0.717) is 15.6 Å². The van der Waals surface area contributed by atoms with Crippen LogP contribution in [0.25, 0.3) is 0 Å². The molecule has 0 fully saturated rings. The number of hydrogen-bond acceptors (Lipinski definition) is 2. The molecule has 2 rings (SSSR count). The van der Waals surface area contributed by atoms with Gasteiger partial charge in [0, 0.05) is 5.33 Å². The van der Waals surface area contributed by atoms with Gasteiger partial charge in [-0.2, -0.15) is 0 Å². The van der Waals surface area contributed by atoms with E-state index >= 15 is 0 Å². The molecule has 0 amide bonds. The molecular formula is C16H12Br6O2. The number of phenols is 1. The quantitative estimate of drug-likeness (QED) is 0.313. The largest absolute Gasteiger partial charge is 0.506 e. The van der Waals surface area contributed by atoms with Crippen LogP contribution >= 0.6 is 95.6 Å². The molecule has 2 nitrogen and oxygen atoms in total. The fourth-order valence-electron chi connectivity index (χ4n) is 2.03. The zero-order chi connectivity index (χ0) is 17.9. The van der Waals surface area contributed by atoms with Crippen molar-refractivity contribution in [2.75, 3.05) is 11.9 Å². The van der Waals surface area contributed by atoms with Gasteiger partial charge in [-0.1, -0.05) is 31.9 Å². The Kier molecular flexibility index (Phi) is 8.61. The normalized spacial score (nSPS) is 12.2. The standard InChI is InChI=1S/C16H12Br6O2/c17-6-10(18)7-24-16-13(21)4-9(5-14(16)22)1-8-2-11(19)15(23)12(20)3-8/h2-5,10,23H,1,6-7H2. The minimum Gasteiger partial charge on any atom is -0.506 e. The number of rotatable bonds is 6. The predicted molar refractivity (Wildman–Crippen MR) is 120 cm³/mol. The monoisotopic (exact) mass is 710 g/mol. The summed E-state index contributed by atoms with van der Waals surface area (Å²) in [6.45, 7) is 0.569. The van der Waals surface area contributed by atoms with Crippen LogP contribution in [0.2, 0.25) is 0 Å². The van der Waals surface area contributed by atoms with Crippen molar-refractivity contribution >= 4 is 95.6 Å². The van der Waals surface area contributed by atoms with Crippen LogP contribution in [-0.2, 0) is 6.42 Å². The zero-order valence-electron chi connectivity index (χ0n) is 12.1. The summed E-state index contributed by atoms with van der Waals surface area (Å²) in [6, 6.07) is 7.92. The van der Waals surface area contributed by atoms with E-state index in [0.717, 1.165) is 37.6 Å². The lowest BCUT2D eigenvalue weighted by molar-refractivity contribution is 0.321. The molecule has 0 saturated heterocycles. The summed E-state index contributed by atoms with van der Waals surface area (Å²) in [5.41, 5.74) is 2.21. The lowest BCUT2D eigenvalue weighted by Crippen LogP contribution is -2.12. The van der Waals surface area contributed by atoms with Crippen molar-refractivity contribution in [1.82, 2.24) is 0 Å². The molecule has 2 aromatic carbocycles. The van der Waals surface area contributed by atoms with Crippen molar-refractivity contribution in [3.8, 4) is 11.5 Å². The highest BCUT2D eigenvalue weighted by atomic mass is 79.9. The number of aromatic hydroxyl groups is 1. The molecule has 2 aromatic rings. The van der Waals surface area contributed by atoms with E-state index in [1.165, 1.54) is 0 Å². The summed E-state index contributed by atoms with van der Waals surface area (Å²) in [7, 11) is 0. The molecular weight excluding hydrogens is 704 g/mol. The maximum absolute atomic E-state index is 9.81. The second-order valence-corrected chi connectivity index (χ2v) is 10.4. The van der Waals surface area contributed by atoms with Gasteiger partial charge in [0.2, 0.25) is 0 Å². The van der Waals surface area contributed by atoms with Gasteiger partial charge in [0.15, 0.2) is 0 Å². The predicted octanol–water partition coefficient (Wildman–Crippen LogP) is 7.57. The van der Waals surface area contributed by atoms with Crippen molar-refractivity contribution in [2.24, 2.45) is 0 Å². The van der Waals surface area contributed by atoms with E-state index in [9.17, 15) is 5.11 Å². The van der Waals surface area contributed by atoms with Crippen LogP contribution in [0.4, 0.5) is 0 Å². The summed E-state index contributed by atoms with van der Waals surface area (Å²) < 4.78 is 9.00. The number of ether oxygens (including phenoxy) is 1. The van der Waals surface area contributed by atoms with Crippen molar-refractivity contribution in [2.45, 2.75) is 11.2 Å². The maximum Gasteiger partial charge on any atom is 0.147 e. The Morgan fingerprint density at radius 3 is 1.79 bits per heavy atom. The van der Waals surface area contributed by atoms with Gasteiger partial charge < -0.3 is 9.84 Å². The van der Waals surface area contributed by atoms with Crippen molar-refractivity contribution in [3.63, 3.8) is 0 Å². The van der Waals surface area contributed by atoms with E-state index in [4.69, 9.17) is 4.74 Å². The highest BCUT2D eigenvalue weighted by Crippen LogP contribution is 2.37. The van der Waals surface area contributed by atoms with Crippen molar-refractivity contribution < 1.29 is 9.84 Å². The van der Waals surface area contributed by atoms with E-state index in [1.807, 2.05) is 24.3 Å². The average Bonchev–Trinajstić information content (AvgIpc) is 2.51. The summed E-state index contributed by atoms with van der Waals surface area (Å²) in [4.78, 5) is 0.252. The van der Waals surface area contributed by atoms with Crippen LogP contribution < -0.4 is 4.74 Å². The third-order valence-electron chi connectivity index (χ3n) is 3.12. The Morgan fingerprint density at radius 2 is 1.33 bits per heavy atom. The second-order valence-electron chi connectivity index (χ2n) is 5.04. The van der Waals surface area contributed by atoms with E-state index in [-0.39, 0.29) is 10.6 Å². The molecule has 0 bridgehead atoms. The average molecular weight is 716 g/mol. The molecule has 24 heavy (non-hydrogen) atoms. The first-order valence-corrected chi connectivity index (χ1v) is 12.0. The van der Waals surface area contributed by atoms with Crippen LogP contribution in [-0.4, -0.2) is 21.9 Å². The smallest absolute Gasteiger partial charge is 0.147 e. The van der Waals surface area contributed by atoms with Gasteiger partial charge in [-0.25, -0.2) is 0 Å². The highest BCUT2D eigenvalue weighted by Gasteiger charge is 2.13. The highest BCUT2D eigenvalue weighted by molar-refractivity contribution is 9.12. The SMILES string of the molecule is Oc1c(Br)cc(Cc2cc(Br)c(OCC(Br)CBr)c(Br)c2)cc1Br. The van der Waals surface area contributed by atoms with Crippen molar-refractivity contribution in [3.05, 3.63) is 53.3 Å². The maximum atomic E-state index is 9.81. The molecule has 0 spiro atoms. The van der Waals surface area contributed by atoms with Crippen LogP contribution in [0.5, 0.6) is 11.5 Å². The number of phenolic OH excluding ortho intramolecular Hbond substituents is 1. The van der Waals surface area contributed by atoms with Gasteiger partial charge in [-0.05, 0) is 106 Å². The topological polar surface area (TPSA) is 29.5 Å². The number of alkyl halides is 2. The van der Waals surface area contributed by atoms with Gasteiger partial charge in [-0.3, -0.25) is 0 Å². The molecule has 0 aliphatic rings. The molecule has 0 aliphatic carbocycles. The number of halogens is 6.